The number of nitrogens with one attached hydrogen (secondary N) is 2. The average molecular weight is 544 g/mol. The maximum absolute atomic E-state index is 16.2. The average Bonchev–Trinajstić information content (AvgIpc) is 3.26. The monoisotopic (exact) mass is 543 g/mol. The highest BCUT2D eigenvalue weighted by Gasteiger charge is 2.39. The number of fused-ring (bicyclic) bond motifs is 2. The number of phenolic OH excluding ortho intramolecular Hbond substituents is 1. The second-order valence-corrected chi connectivity index (χ2v) is 10.1. The molecule has 0 spiro atoms. The topological polar surface area (TPSA) is 103 Å². The molecule has 200 valence electrons. The molecule has 8 nitrogen and oxygen atoms in total. The van der Waals surface area contributed by atoms with Crippen molar-refractivity contribution >= 4 is 39.1 Å². The lowest BCUT2D eigenvalue weighted by atomic mass is 9.92. The van der Waals surface area contributed by atoms with Crippen LogP contribution in [0.2, 0.25) is 5.02 Å². The van der Waals surface area contributed by atoms with Crippen LogP contribution in [0.1, 0.15) is 32.6 Å². The van der Waals surface area contributed by atoms with Crippen LogP contribution in [-0.2, 0) is 0 Å². The minimum atomic E-state index is -0.892. The summed E-state index contributed by atoms with van der Waals surface area (Å²) >= 11 is 6.24. The van der Waals surface area contributed by atoms with Gasteiger partial charge in [0.25, 0.3) is 5.56 Å². The molecular weight excluding hydrogens is 516 g/mol. The Hall–Kier alpha value is -3.50. The number of phenols is 1. The highest BCUT2D eigenvalue weighted by molar-refractivity contribution is 6.37. The lowest BCUT2D eigenvalue weighted by Crippen LogP contribution is -2.46. The minimum Gasteiger partial charge on any atom is -0.508 e. The molecule has 1 unspecified atom stereocenters. The largest absolute Gasteiger partial charge is 0.508 e. The van der Waals surface area contributed by atoms with E-state index in [0.717, 1.165) is 38.3 Å². The number of ether oxygens (including phenoxy) is 1. The second kappa shape index (κ2) is 9.99. The maximum Gasteiger partial charge on any atom is 0.319 e. The van der Waals surface area contributed by atoms with E-state index in [2.05, 4.69) is 39.1 Å². The van der Waals surface area contributed by atoms with Gasteiger partial charge in [0.15, 0.2) is 5.82 Å². The van der Waals surface area contributed by atoms with E-state index < -0.39 is 17.2 Å². The number of likely N-dealkylation sites (tertiary alicyclic amines) is 1. The van der Waals surface area contributed by atoms with Gasteiger partial charge in [0, 0.05) is 18.0 Å². The van der Waals surface area contributed by atoms with Crippen LogP contribution in [0.15, 0.2) is 29.1 Å². The Bertz CT molecular complexity index is 1610. The van der Waals surface area contributed by atoms with Gasteiger partial charge in [-0.1, -0.05) is 31.0 Å². The zero-order valence-electron chi connectivity index (χ0n) is 21.3. The van der Waals surface area contributed by atoms with Crippen LogP contribution in [-0.4, -0.2) is 57.7 Å². The first-order valence-electron chi connectivity index (χ1n) is 12.5. The van der Waals surface area contributed by atoms with E-state index in [1.54, 1.807) is 7.05 Å². The van der Waals surface area contributed by atoms with Crippen molar-refractivity contribution in [2.24, 2.45) is 0 Å². The summed E-state index contributed by atoms with van der Waals surface area (Å²) in [6.07, 6.45) is 3.91. The van der Waals surface area contributed by atoms with Gasteiger partial charge < -0.3 is 20.1 Å². The molecule has 1 fully saturated rings. The fraction of sp³-hybridized carbons (Fsp3) is 0.370. The predicted octanol–water partition coefficient (Wildman–Crippen LogP) is 5.46. The molecule has 38 heavy (non-hydrogen) atoms. The summed E-state index contributed by atoms with van der Waals surface area (Å²) in [7, 11) is 3.62. The van der Waals surface area contributed by atoms with Crippen molar-refractivity contribution in [3.8, 4) is 23.0 Å². The first-order valence-corrected chi connectivity index (χ1v) is 12.8. The first kappa shape index (κ1) is 26.1. The summed E-state index contributed by atoms with van der Waals surface area (Å²) in [4.78, 5) is 26.6. The Balaban J connectivity index is 1.68. The molecule has 3 N–H and O–H groups in total. The molecule has 1 aliphatic heterocycles. The summed E-state index contributed by atoms with van der Waals surface area (Å²) in [5, 5.41) is 13.3. The molecule has 0 saturated carbocycles. The molecular formula is C27H28ClF2N5O3. The molecule has 0 aliphatic carbocycles. The Morgan fingerprint density at radius 3 is 2.74 bits per heavy atom. The number of hydrogen-bond acceptors (Lipinski definition) is 7. The minimum absolute atomic E-state index is 0.0163. The second-order valence-electron chi connectivity index (χ2n) is 9.71. The van der Waals surface area contributed by atoms with Crippen molar-refractivity contribution < 1.29 is 18.6 Å². The third-order valence-corrected chi connectivity index (χ3v) is 7.78. The normalized spacial score (nSPS) is 17.9. The third-order valence-electron chi connectivity index (χ3n) is 7.41. The lowest BCUT2D eigenvalue weighted by Gasteiger charge is -2.35. The molecule has 1 aliphatic rings. The van der Waals surface area contributed by atoms with Crippen molar-refractivity contribution in [1.82, 2.24) is 19.9 Å². The van der Waals surface area contributed by atoms with Crippen LogP contribution in [0, 0.1) is 11.6 Å². The Kier molecular flexibility index (Phi) is 6.87. The fourth-order valence-electron chi connectivity index (χ4n) is 5.48. The van der Waals surface area contributed by atoms with Crippen LogP contribution < -0.4 is 15.6 Å². The van der Waals surface area contributed by atoms with Gasteiger partial charge in [-0.05, 0) is 56.4 Å². The quantitative estimate of drug-likeness (QED) is 0.284. The van der Waals surface area contributed by atoms with Gasteiger partial charge in [-0.3, -0.25) is 9.69 Å². The van der Waals surface area contributed by atoms with Gasteiger partial charge in [0.1, 0.15) is 34.9 Å². The zero-order chi connectivity index (χ0) is 27.2. The smallest absolute Gasteiger partial charge is 0.319 e. The van der Waals surface area contributed by atoms with Crippen LogP contribution >= 0.6 is 11.6 Å². The van der Waals surface area contributed by atoms with Crippen molar-refractivity contribution in [1.29, 1.82) is 0 Å². The molecule has 2 aromatic heterocycles. The maximum atomic E-state index is 16.2. The SMILES string of the molecule is CCCC1(COc2nc(NC)c3c(=O)[nH]c(-c4cc(O)cc5ccc(F)c(Cl)c45)c(F)c3n2)CCCN1C. The summed E-state index contributed by atoms with van der Waals surface area (Å²) in [6.45, 7) is 3.39. The van der Waals surface area contributed by atoms with Gasteiger partial charge in [-0.25, -0.2) is 8.78 Å². The number of H-pyrrole nitrogens is 1. The number of aromatic amines is 1. The van der Waals surface area contributed by atoms with Crippen LogP contribution in [0.4, 0.5) is 14.6 Å². The number of nitrogens with zero attached hydrogens (tertiary/aromatic N) is 3. The van der Waals surface area contributed by atoms with Crippen LogP contribution in [0.5, 0.6) is 11.8 Å². The number of pyridine rings is 1. The molecule has 0 amide bonds. The van der Waals surface area contributed by atoms with Crippen molar-refractivity contribution in [2.45, 2.75) is 38.1 Å². The van der Waals surface area contributed by atoms with E-state index in [-0.39, 0.29) is 55.7 Å². The number of halogens is 3. The summed E-state index contributed by atoms with van der Waals surface area (Å²) in [6, 6.07) is 5.08. The molecule has 0 bridgehead atoms. The number of aromatic hydroxyl groups is 1. The number of likely N-dealkylation sites (N-methyl/N-ethyl adjacent to an activating group) is 1. The third kappa shape index (κ3) is 4.31. The van der Waals surface area contributed by atoms with Crippen molar-refractivity contribution in [3.05, 3.63) is 51.3 Å². The highest BCUT2D eigenvalue weighted by atomic mass is 35.5. The lowest BCUT2D eigenvalue weighted by molar-refractivity contribution is 0.0828. The van der Waals surface area contributed by atoms with Crippen LogP contribution in [0.3, 0.4) is 0 Å². The van der Waals surface area contributed by atoms with Gasteiger partial charge in [-0.15, -0.1) is 0 Å². The van der Waals surface area contributed by atoms with E-state index in [1.165, 1.54) is 18.2 Å². The molecule has 2 aromatic carbocycles. The molecule has 3 heterocycles. The summed E-state index contributed by atoms with van der Waals surface area (Å²) in [5.74, 6) is -1.72. The number of rotatable bonds is 7. The van der Waals surface area contributed by atoms with Crippen LogP contribution in [0.25, 0.3) is 32.9 Å². The summed E-state index contributed by atoms with van der Waals surface area (Å²) in [5.41, 5.74) is -1.39. The van der Waals surface area contributed by atoms with Gasteiger partial charge in [-0.2, -0.15) is 9.97 Å². The summed E-state index contributed by atoms with van der Waals surface area (Å²) < 4.78 is 36.5. The fourth-order valence-corrected chi connectivity index (χ4v) is 5.75. The molecule has 1 atom stereocenters. The number of aromatic nitrogens is 3. The molecule has 4 aromatic rings. The van der Waals surface area contributed by atoms with E-state index in [9.17, 15) is 14.3 Å². The van der Waals surface area contributed by atoms with Gasteiger partial charge in [0.2, 0.25) is 0 Å². The molecule has 11 heteroatoms. The Morgan fingerprint density at radius 2 is 2.05 bits per heavy atom. The predicted molar refractivity (Wildman–Crippen MR) is 144 cm³/mol. The number of hydrogen-bond donors (Lipinski definition) is 3. The van der Waals surface area contributed by atoms with E-state index >= 15 is 4.39 Å². The number of benzene rings is 2. The number of anilines is 1. The van der Waals surface area contributed by atoms with Crippen molar-refractivity contribution in [3.63, 3.8) is 0 Å². The standard InChI is InChI=1S/C27H28ClF2N5O3/c1-4-8-27(9-5-10-35(27)3)13-38-26-33-23-19(24(31-2)34-26)25(37)32-22(21(23)30)16-12-15(36)11-14-6-7-17(29)20(28)18(14)16/h6-7,11-12,36H,4-5,8-10,13H2,1-3H3,(H,32,37)(H,31,33,34). The first-order chi connectivity index (χ1) is 18.2. The molecule has 5 rings (SSSR count). The molecule has 0 radical (unpaired) electrons. The van der Waals surface area contributed by atoms with E-state index in [1.807, 2.05) is 0 Å². The van der Waals surface area contributed by atoms with E-state index in [4.69, 9.17) is 16.3 Å². The molecule has 1 saturated heterocycles. The van der Waals surface area contributed by atoms with Gasteiger partial charge >= 0.3 is 6.01 Å². The van der Waals surface area contributed by atoms with Gasteiger partial charge in [0.05, 0.1) is 16.3 Å². The Labute approximate surface area is 222 Å². The van der Waals surface area contributed by atoms with Crippen molar-refractivity contribution in [2.75, 3.05) is 32.6 Å². The van der Waals surface area contributed by atoms with E-state index in [0.29, 0.717) is 12.0 Å². The zero-order valence-corrected chi connectivity index (χ0v) is 22.0. The highest BCUT2D eigenvalue weighted by Crippen LogP contribution is 2.39. The Morgan fingerprint density at radius 1 is 1.26 bits per heavy atom.